The zero-order valence-corrected chi connectivity index (χ0v) is 11.8. The first-order valence-electron chi connectivity index (χ1n) is 6.97. The summed E-state index contributed by atoms with van der Waals surface area (Å²) < 4.78 is 5.32. The monoisotopic (exact) mass is 256 g/mol. The van der Waals surface area contributed by atoms with Gasteiger partial charge in [0, 0.05) is 11.3 Å². The molecule has 0 spiro atoms. The van der Waals surface area contributed by atoms with Gasteiger partial charge in [-0.05, 0) is 48.6 Å². The molecule has 0 radical (unpaired) electrons. The van der Waals surface area contributed by atoms with E-state index in [0.29, 0.717) is 5.78 Å². The Balaban J connectivity index is 2.13. The van der Waals surface area contributed by atoms with Crippen molar-refractivity contribution < 1.29 is 9.53 Å². The molecule has 0 bridgehead atoms. The zero-order chi connectivity index (χ0) is 13.6. The fourth-order valence-electron chi connectivity index (χ4n) is 3.66. The number of fused-ring (bicyclic) bond motifs is 3. The summed E-state index contributed by atoms with van der Waals surface area (Å²) in [7, 11) is 1.71. The minimum atomic E-state index is 0.0349. The minimum Gasteiger partial charge on any atom is -0.497 e. The van der Waals surface area contributed by atoms with Gasteiger partial charge in [0.15, 0.2) is 5.78 Å². The van der Waals surface area contributed by atoms with Crippen LogP contribution in [0.3, 0.4) is 0 Å². The highest BCUT2D eigenvalue weighted by Gasteiger charge is 2.41. The van der Waals surface area contributed by atoms with Crippen LogP contribution in [0.2, 0.25) is 0 Å². The minimum absolute atomic E-state index is 0.0349. The number of benzene rings is 1. The fraction of sp³-hybridized carbons (Fsp3) is 0.471. The topological polar surface area (TPSA) is 26.3 Å². The van der Waals surface area contributed by atoms with Crippen LogP contribution in [0.1, 0.15) is 37.8 Å². The quantitative estimate of drug-likeness (QED) is 0.769. The van der Waals surface area contributed by atoms with E-state index < -0.39 is 0 Å². The number of methoxy groups -OCH3 is 1. The smallest absolute Gasteiger partial charge is 0.158 e. The number of ether oxygens (including phenoxy) is 1. The van der Waals surface area contributed by atoms with Crippen LogP contribution in [0.4, 0.5) is 0 Å². The number of carbonyl (C=O) groups is 1. The molecule has 0 aliphatic heterocycles. The molecule has 19 heavy (non-hydrogen) atoms. The van der Waals surface area contributed by atoms with Crippen molar-refractivity contribution in [3.8, 4) is 5.75 Å². The van der Waals surface area contributed by atoms with Crippen molar-refractivity contribution in [2.24, 2.45) is 5.92 Å². The standard InChI is InChI=1S/C17H20O2/c1-11-10-17(2)13(9-16(11)18)5-4-12-8-14(19-3)6-7-15(12)17/h6-9,11H,4-5,10H2,1-3H3/t11-,17+/m0/s1. The van der Waals surface area contributed by atoms with Crippen LogP contribution in [-0.4, -0.2) is 12.9 Å². The second-order valence-corrected chi connectivity index (χ2v) is 6.03. The highest BCUT2D eigenvalue weighted by atomic mass is 16.5. The van der Waals surface area contributed by atoms with E-state index in [0.717, 1.165) is 25.0 Å². The molecule has 2 heteroatoms. The Morgan fingerprint density at radius 2 is 2.11 bits per heavy atom. The summed E-state index contributed by atoms with van der Waals surface area (Å²) in [5.74, 6) is 1.35. The van der Waals surface area contributed by atoms with Crippen LogP contribution in [0, 0.1) is 5.92 Å². The molecule has 2 nitrogen and oxygen atoms in total. The fourth-order valence-corrected chi connectivity index (χ4v) is 3.66. The average molecular weight is 256 g/mol. The van der Waals surface area contributed by atoms with E-state index in [1.165, 1.54) is 16.7 Å². The molecule has 0 saturated carbocycles. The normalized spacial score (nSPS) is 29.3. The van der Waals surface area contributed by atoms with Crippen molar-refractivity contribution in [2.75, 3.05) is 7.11 Å². The van der Waals surface area contributed by atoms with E-state index in [2.05, 4.69) is 19.1 Å². The van der Waals surface area contributed by atoms with Crippen LogP contribution in [0.5, 0.6) is 5.75 Å². The first kappa shape index (κ1) is 12.5. The van der Waals surface area contributed by atoms with Crippen molar-refractivity contribution in [3.05, 3.63) is 41.0 Å². The predicted octanol–water partition coefficient (Wildman–Crippen LogP) is 3.43. The Labute approximate surface area is 114 Å². The average Bonchev–Trinajstić information content (AvgIpc) is 2.40. The van der Waals surface area contributed by atoms with Gasteiger partial charge in [0.05, 0.1) is 7.11 Å². The van der Waals surface area contributed by atoms with Crippen LogP contribution >= 0.6 is 0 Å². The van der Waals surface area contributed by atoms with Gasteiger partial charge in [0.25, 0.3) is 0 Å². The SMILES string of the molecule is COc1ccc2c(c1)CCC1=CC(=O)[C@@H](C)C[C@]12C. The summed E-state index contributed by atoms with van der Waals surface area (Å²) in [5, 5.41) is 0. The molecule has 2 aliphatic rings. The molecule has 0 amide bonds. The zero-order valence-electron chi connectivity index (χ0n) is 11.8. The van der Waals surface area contributed by atoms with Gasteiger partial charge in [0.1, 0.15) is 5.75 Å². The molecule has 100 valence electrons. The Morgan fingerprint density at radius 3 is 2.84 bits per heavy atom. The van der Waals surface area contributed by atoms with Crippen molar-refractivity contribution in [2.45, 2.75) is 38.5 Å². The third-order valence-electron chi connectivity index (χ3n) is 4.80. The summed E-state index contributed by atoms with van der Waals surface area (Å²) in [6, 6.07) is 6.37. The number of allylic oxidation sites excluding steroid dienone is 2. The number of aryl methyl sites for hydroxylation is 1. The second-order valence-electron chi connectivity index (χ2n) is 6.03. The van der Waals surface area contributed by atoms with Crippen molar-refractivity contribution in [3.63, 3.8) is 0 Å². The predicted molar refractivity (Wildman–Crippen MR) is 75.5 cm³/mol. The van der Waals surface area contributed by atoms with E-state index in [-0.39, 0.29) is 11.3 Å². The van der Waals surface area contributed by atoms with Crippen LogP contribution in [-0.2, 0) is 16.6 Å². The van der Waals surface area contributed by atoms with Crippen molar-refractivity contribution in [1.29, 1.82) is 0 Å². The first-order valence-corrected chi connectivity index (χ1v) is 6.97. The maximum atomic E-state index is 11.9. The van der Waals surface area contributed by atoms with E-state index in [9.17, 15) is 4.79 Å². The number of hydrogen-bond acceptors (Lipinski definition) is 2. The number of carbonyl (C=O) groups excluding carboxylic acids is 1. The number of hydrogen-bond donors (Lipinski definition) is 0. The molecule has 0 unspecified atom stereocenters. The molecule has 1 aromatic carbocycles. The Kier molecular flexibility index (Phi) is 2.77. The lowest BCUT2D eigenvalue weighted by atomic mass is 9.61. The summed E-state index contributed by atoms with van der Waals surface area (Å²) in [6.07, 6.45) is 4.84. The van der Waals surface area contributed by atoms with Crippen molar-refractivity contribution in [1.82, 2.24) is 0 Å². The summed E-state index contributed by atoms with van der Waals surface area (Å²) in [4.78, 5) is 11.9. The van der Waals surface area contributed by atoms with Gasteiger partial charge in [-0.25, -0.2) is 0 Å². The van der Waals surface area contributed by atoms with Crippen LogP contribution < -0.4 is 4.74 Å². The van der Waals surface area contributed by atoms with Gasteiger partial charge in [-0.1, -0.05) is 25.5 Å². The van der Waals surface area contributed by atoms with Crippen LogP contribution in [0.25, 0.3) is 0 Å². The number of ketones is 1. The van der Waals surface area contributed by atoms with E-state index in [1.54, 1.807) is 7.11 Å². The van der Waals surface area contributed by atoms with Gasteiger partial charge in [-0.2, -0.15) is 0 Å². The largest absolute Gasteiger partial charge is 0.497 e. The van der Waals surface area contributed by atoms with Crippen LogP contribution in [0.15, 0.2) is 29.8 Å². The maximum absolute atomic E-state index is 11.9. The number of rotatable bonds is 1. The van der Waals surface area contributed by atoms with Gasteiger partial charge in [-0.3, -0.25) is 4.79 Å². The maximum Gasteiger partial charge on any atom is 0.158 e. The summed E-state index contributed by atoms with van der Waals surface area (Å²) in [5.41, 5.74) is 4.10. The lowest BCUT2D eigenvalue weighted by molar-refractivity contribution is -0.118. The molecule has 2 aliphatic carbocycles. The molecule has 0 N–H and O–H groups in total. The molecule has 3 rings (SSSR count). The Bertz CT molecular complexity index is 571. The van der Waals surface area contributed by atoms with E-state index >= 15 is 0 Å². The summed E-state index contributed by atoms with van der Waals surface area (Å²) in [6.45, 7) is 4.32. The van der Waals surface area contributed by atoms with Crippen molar-refractivity contribution >= 4 is 5.78 Å². The molecular weight excluding hydrogens is 236 g/mol. The highest BCUT2D eigenvalue weighted by Crippen LogP contribution is 2.48. The Morgan fingerprint density at radius 1 is 1.32 bits per heavy atom. The van der Waals surface area contributed by atoms with Gasteiger partial charge in [-0.15, -0.1) is 0 Å². The highest BCUT2D eigenvalue weighted by molar-refractivity contribution is 5.94. The third kappa shape index (κ3) is 1.81. The third-order valence-corrected chi connectivity index (χ3v) is 4.80. The Hall–Kier alpha value is -1.57. The summed E-state index contributed by atoms with van der Waals surface area (Å²) >= 11 is 0. The molecular formula is C17H20O2. The molecule has 1 aromatic rings. The van der Waals surface area contributed by atoms with Gasteiger partial charge < -0.3 is 4.74 Å². The molecule has 0 aromatic heterocycles. The lowest BCUT2D eigenvalue weighted by Crippen LogP contribution is -2.37. The van der Waals surface area contributed by atoms with E-state index in [4.69, 9.17) is 4.74 Å². The molecule has 0 saturated heterocycles. The molecule has 0 fully saturated rings. The second kappa shape index (κ2) is 4.22. The lowest BCUT2D eigenvalue weighted by Gasteiger charge is -2.42. The first-order chi connectivity index (χ1) is 9.04. The molecule has 2 atom stereocenters. The van der Waals surface area contributed by atoms with E-state index in [1.807, 2.05) is 19.1 Å². The molecule has 0 heterocycles. The van der Waals surface area contributed by atoms with Gasteiger partial charge in [0.2, 0.25) is 0 Å². The van der Waals surface area contributed by atoms with Gasteiger partial charge >= 0.3 is 0 Å².